The lowest BCUT2D eigenvalue weighted by atomic mass is 9.85. The summed E-state index contributed by atoms with van der Waals surface area (Å²) in [5.41, 5.74) is 1.98. The van der Waals surface area contributed by atoms with Crippen LogP contribution >= 0.6 is 0 Å². The van der Waals surface area contributed by atoms with Gasteiger partial charge in [-0.15, -0.1) is 0 Å². The van der Waals surface area contributed by atoms with Crippen LogP contribution in [0.2, 0.25) is 0 Å². The van der Waals surface area contributed by atoms with Crippen LogP contribution in [0, 0.1) is 0 Å². The normalized spacial score (nSPS) is 29.0. The molecule has 0 N–H and O–H groups in total. The van der Waals surface area contributed by atoms with Gasteiger partial charge in [-0.25, -0.2) is 4.79 Å². The van der Waals surface area contributed by atoms with Crippen molar-refractivity contribution < 1.29 is 9.53 Å². The second-order valence-corrected chi connectivity index (χ2v) is 8.09. The molecule has 1 aromatic rings. The molecule has 4 heteroatoms. The maximum absolute atomic E-state index is 12.9. The molecular weight excluding hydrogens is 300 g/mol. The zero-order valence-corrected chi connectivity index (χ0v) is 14.7. The summed E-state index contributed by atoms with van der Waals surface area (Å²) in [5.74, 6) is 0. The molecule has 2 heterocycles. The molecule has 0 unspecified atom stereocenters. The van der Waals surface area contributed by atoms with Gasteiger partial charge in [0.05, 0.1) is 12.1 Å². The zero-order chi connectivity index (χ0) is 16.9. The zero-order valence-electron chi connectivity index (χ0n) is 14.7. The van der Waals surface area contributed by atoms with Gasteiger partial charge in [-0.05, 0) is 51.3 Å². The minimum absolute atomic E-state index is 0.0513. The summed E-state index contributed by atoms with van der Waals surface area (Å²) in [7, 11) is 0. The summed E-state index contributed by atoms with van der Waals surface area (Å²) in [6.45, 7) is 7.69. The molecule has 1 aliphatic carbocycles. The van der Waals surface area contributed by atoms with Crippen LogP contribution in [-0.2, 0) is 4.74 Å². The summed E-state index contributed by atoms with van der Waals surface area (Å²) in [5, 5.41) is 0. The van der Waals surface area contributed by atoms with Crippen molar-refractivity contribution in [3.05, 3.63) is 41.5 Å². The number of ether oxygens (including phenoxy) is 1. The lowest BCUT2D eigenvalue weighted by molar-refractivity contribution is -0.0221. The SMILES string of the molecule is CC(C)(C)OC(=O)N1C[C@@H]2CCCN2[C@@H]2C=Cc3ccccc3[C@H]21. The highest BCUT2D eigenvalue weighted by atomic mass is 16.6. The molecule has 0 aromatic heterocycles. The Kier molecular flexibility index (Phi) is 3.68. The maximum atomic E-state index is 12.9. The van der Waals surface area contributed by atoms with E-state index in [1.165, 1.54) is 17.5 Å². The van der Waals surface area contributed by atoms with Gasteiger partial charge in [0.1, 0.15) is 5.60 Å². The number of rotatable bonds is 0. The third-order valence-corrected chi connectivity index (χ3v) is 5.29. The maximum Gasteiger partial charge on any atom is 0.410 e. The van der Waals surface area contributed by atoms with Crippen molar-refractivity contribution in [1.29, 1.82) is 0 Å². The monoisotopic (exact) mass is 326 g/mol. The Labute approximate surface area is 144 Å². The summed E-state index contributed by atoms with van der Waals surface area (Å²) in [6.07, 6.45) is 6.68. The Balaban J connectivity index is 1.73. The highest BCUT2D eigenvalue weighted by Gasteiger charge is 2.47. The topological polar surface area (TPSA) is 32.8 Å². The summed E-state index contributed by atoms with van der Waals surface area (Å²) >= 11 is 0. The minimum Gasteiger partial charge on any atom is -0.444 e. The number of piperazine rings is 1. The number of carbonyl (C=O) groups excluding carboxylic acids is 1. The van der Waals surface area contributed by atoms with E-state index < -0.39 is 5.60 Å². The summed E-state index contributed by atoms with van der Waals surface area (Å²) in [4.78, 5) is 17.5. The van der Waals surface area contributed by atoms with Gasteiger partial charge < -0.3 is 4.74 Å². The third-order valence-electron chi connectivity index (χ3n) is 5.29. The van der Waals surface area contributed by atoms with Gasteiger partial charge in [0.25, 0.3) is 0 Å². The molecule has 1 amide bonds. The van der Waals surface area contributed by atoms with Crippen molar-refractivity contribution in [2.45, 2.75) is 57.3 Å². The molecule has 2 fully saturated rings. The highest BCUT2D eigenvalue weighted by molar-refractivity contribution is 5.71. The van der Waals surface area contributed by atoms with E-state index in [-0.39, 0.29) is 18.2 Å². The van der Waals surface area contributed by atoms with Gasteiger partial charge in [0.15, 0.2) is 0 Å². The van der Waals surface area contributed by atoms with E-state index in [9.17, 15) is 4.79 Å². The second-order valence-electron chi connectivity index (χ2n) is 8.09. The van der Waals surface area contributed by atoms with E-state index in [4.69, 9.17) is 4.74 Å². The lowest BCUT2D eigenvalue weighted by Crippen LogP contribution is -2.59. The Morgan fingerprint density at radius 1 is 1.25 bits per heavy atom. The van der Waals surface area contributed by atoms with Crippen LogP contribution in [0.3, 0.4) is 0 Å². The van der Waals surface area contributed by atoms with Crippen LogP contribution < -0.4 is 0 Å². The molecule has 3 aliphatic rings. The molecule has 3 atom stereocenters. The number of fused-ring (bicyclic) bond motifs is 5. The molecule has 128 valence electrons. The molecular formula is C20H26N2O2. The number of hydrogen-bond donors (Lipinski definition) is 0. The second kappa shape index (κ2) is 5.62. The Morgan fingerprint density at radius 2 is 2.04 bits per heavy atom. The fourth-order valence-corrected chi connectivity index (χ4v) is 4.36. The summed E-state index contributed by atoms with van der Waals surface area (Å²) in [6, 6.07) is 9.18. The van der Waals surface area contributed by atoms with Crippen LogP contribution in [0.15, 0.2) is 30.3 Å². The van der Waals surface area contributed by atoms with Crippen LogP contribution in [0.25, 0.3) is 6.08 Å². The average molecular weight is 326 g/mol. The smallest absolute Gasteiger partial charge is 0.410 e. The highest BCUT2D eigenvalue weighted by Crippen LogP contribution is 2.42. The van der Waals surface area contributed by atoms with E-state index in [1.807, 2.05) is 25.7 Å². The van der Waals surface area contributed by atoms with Crippen molar-refractivity contribution in [2.75, 3.05) is 13.1 Å². The van der Waals surface area contributed by atoms with E-state index in [2.05, 4.69) is 41.3 Å². The molecule has 4 rings (SSSR count). The first-order chi connectivity index (χ1) is 11.4. The number of amides is 1. The number of nitrogens with zero attached hydrogens (tertiary/aromatic N) is 2. The largest absolute Gasteiger partial charge is 0.444 e. The van der Waals surface area contributed by atoms with Crippen molar-refractivity contribution >= 4 is 12.2 Å². The van der Waals surface area contributed by atoms with Gasteiger partial charge in [0, 0.05) is 12.6 Å². The first-order valence-corrected chi connectivity index (χ1v) is 8.96. The van der Waals surface area contributed by atoms with E-state index in [0.717, 1.165) is 19.5 Å². The van der Waals surface area contributed by atoms with E-state index in [0.29, 0.717) is 6.04 Å². The first-order valence-electron chi connectivity index (χ1n) is 8.96. The molecule has 24 heavy (non-hydrogen) atoms. The molecule has 2 aliphatic heterocycles. The number of hydrogen-bond acceptors (Lipinski definition) is 3. The molecule has 4 nitrogen and oxygen atoms in total. The standard InChI is InChI=1S/C20H26N2O2/c1-20(2,3)24-19(23)22-13-15-8-6-12-21(15)17-11-10-14-7-4-5-9-16(14)18(17)22/h4-5,7,9-11,15,17-18H,6,8,12-13H2,1-3H3/t15-,17+,18+/m0/s1. The average Bonchev–Trinajstić information content (AvgIpc) is 3.00. The quantitative estimate of drug-likeness (QED) is 0.726. The van der Waals surface area contributed by atoms with Crippen LogP contribution in [-0.4, -0.2) is 46.7 Å². The van der Waals surface area contributed by atoms with Gasteiger partial charge in [0.2, 0.25) is 0 Å². The molecule has 0 bridgehead atoms. The predicted octanol–water partition coefficient (Wildman–Crippen LogP) is 3.84. The Morgan fingerprint density at radius 3 is 2.83 bits per heavy atom. The molecule has 0 saturated carbocycles. The molecule has 2 saturated heterocycles. The van der Waals surface area contributed by atoms with Gasteiger partial charge in [-0.2, -0.15) is 0 Å². The van der Waals surface area contributed by atoms with E-state index in [1.54, 1.807) is 0 Å². The van der Waals surface area contributed by atoms with Crippen LogP contribution in [0.5, 0.6) is 0 Å². The first kappa shape index (κ1) is 15.7. The Bertz CT molecular complexity index is 676. The van der Waals surface area contributed by atoms with E-state index >= 15 is 0 Å². The minimum atomic E-state index is -0.469. The van der Waals surface area contributed by atoms with Gasteiger partial charge in [-0.1, -0.05) is 36.4 Å². The Hall–Kier alpha value is -1.81. The lowest BCUT2D eigenvalue weighted by Gasteiger charge is -2.50. The van der Waals surface area contributed by atoms with Crippen LogP contribution in [0.1, 0.15) is 50.8 Å². The molecule has 1 aromatic carbocycles. The van der Waals surface area contributed by atoms with Gasteiger partial charge >= 0.3 is 6.09 Å². The fraction of sp³-hybridized carbons (Fsp3) is 0.550. The van der Waals surface area contributed by atoms with Crippen LogP contribution in [0.4, 0.5) is 4.79 Å². The predicted molar refractivity (Wildman–Crippen MR) is 94.7 cm³/mol. The van der Waals surface area contributed by atoms with Gasteiger partial charge in [-0.3, -0.25) is 9.80 Å². The van der Waals surface area contributed by atoms with Crippen molar-refractivity contribution in [3.8, 4) is 0 Å². The number of carbonyl (C=O) groups is 1. The third kappa shape index (κ3) is 2.63. The van der Waals surface area contributed by atoms with Crippen molar-refractivity contribution in [1.82, 2.24) is 9.80 Å². The molecule has 0 spiro atoms. The number of benzene rings is 1. The van der Waals surface area contributed by atoms with Crippen molar-refractivity contribution in [2.24, 2.45) is 0 Å². The summed E-state index contributed by atoms with van der Waals surface area (Å²) < 4.78 is 5.73. The van der Waals surface area contributed by atoms with Crippen molar-refractivity contribution in [3.63, 3.8) is 0 Å². The fourth-order valence-electron chi connectivity index (χ4n) is 4.36. The molecule has 0 radical (unpaired) electrons.